The van der Waals surface area contributed by atoms with Crippen LogP contribution in [0.1, 0.15) is 25.0 Å². The molecule has 1 rings (SSSR count). The van der Waals surface area contributed by atoms with Gasteiger partial charge in [0.25, 0.3) is 0 Å². The van der Waals surface area contributed by atoms with E-state index in [2.05, 4.69) is 5.92 Å². The van der Waals surface area contributed by atoms with E-state index in [4.69, 9.17) is 6.42 Å². The van der Waals surface area contributed by atoms with Crippen LogP contribution in [0.5, 0.6) is 0 Å². The predicted molar refractivity (Wildman–Crippen MR) is 53.5 cm³/mol. The van der Waals surface area contributed by atoms with Crippen molar-refractivity contribution >= 4 is 6.29 Å². The molecule has 0 unspecified atom stereocenters. The summed E-state index contributed by atoms with van der Waals surface area (Å²) in [6.07, 6.45) is 6.16. The second kappa shape index (κ2) is 3.45. The summed E-state index contributed by atoms with van der Waals surface area (Å²) in [5.74, 6) is 2.54. The second-order valence-corrected chi connectivity index (χ2v) is 3.56. The first kappa shape index (κ1) is 9.54. The molecule has 0 heterocycles. The van der Waals surface area contributed by atoms with E-state index < -0.39 is 5.41 Å². The molecule has 0 saturated carbocycles. The molecule has 0 radical (unpaired) electrons. The molecule has 0 aliphatic rings. The average Bonchev–Trinajstić information content (AvgIpc) is 2.18. The van der Waals surface area contributed by atoms with Crippen molar-refractivity contribution in [2.45, 2.75) is 19.3 Å². The van der Waals surface area contributed by atoms with Crippen molar-refractivity contribution in [1.82, 2.24) is 0 Å². The monoisotopic (exact) mass is 172 g/mol. The third-order valence-corrected chi connectivity index (χ3v) is 2.09. The molecule has 0 aromatic heterocycles. The Bertz CT molecular complexity index is 338. The van der Waals surface area contributed by atoms with Gasteiger partial charge in [0.2, 0.25) is 0 Å². The van der Waals surface area contributed by atoms with Gasteiger partial charge < -0.3 is 4.79 Å². The Morgan fingerprint density at radius 2 is 1.85 bits per heavy atom. The Morgan fingerprint density at radius 1 is 1.31 bits per heavy atom. The summed E-state index contributed by atoms with van der Waals surface area (Å²) in [4.78, 5) is 10.7. The molecule has 0 N–H and O–H groups in total. The molecule has 0 amide bonds. The van der Waals surface area contributed by atoms with Crippen LogP contribution in [0.25, 0.3) is 0 Å². The smallest absolute Gasteiger partial charge is 0.129 e. The second-order valence-electron chi connectivity index (χ2n) is 3.56. The number of carbonyl (C=O) groups excluding carboxylic acids is 1. The van der Waals surface area contributed by atoms with Crippen molar-refractivity contribution in [3.8, 4) is 12.3 Å². The maximum absolute atomic E-state index is 10.7. The Morgan fingerprint density at radius 3 is 2.23 bits per heavy atom. The molecule has 1 nitrogen and oxygen atoms in total. The van der Waals surface area contributed by atoms with Crippen LogP contribution in [-0.4, -0.2) is 6.29 Å². The van der Waals surface area contributed by atoms with E-state index in [1.165, 1.54) is 0 Å². The van der Waals surface area contributed by atoms with Crippen LogP contribution in [0.4, 0.5) is 0 Å². The van der Waals surface area contributed by atoms with Crippen LogP contribution in [0.3, 0.4) is 0 Å². The SMILES string of the molecule is C#Cc1ccc(C(C)(C)C=O)cc1. The number of hydrogen-bond acceptors (Lipinski definition) is 1. The molecule has 1 aromatic carbocycles. The lowest BCUT2D eigenvalue weighted by atomic mass is 9.86. The van der Waals surface area contributed by atoms with Gasteiger partial charge in [-0.15, -0.1) is 6.42 Å². The van der Waals surface area contributed by atoms with Crippen LogP contribution in [-0.2, 0) is 10.2 Å². The number of aldehydes is 1. The van der Waals surface area contributed by atoms with E-state index in [9.17, 15) is 4.79 Å². The lowest BCUT2D eigenvalue weighted by Crippen LogP contribution is -2.18. The summed E-state index contributed by atoms with van der Waals surface area (Å²) < 4.78 is 0. The van der Waals surface area contributed by atoms with Crippen molar-refractivity contribution < 1.29 is 4.79 Å². The van der Waals surface area contributed by atoms with Crippen LogP contribution in [0.2, 0.25) is 0 Å². The van der Waals surface area contributed by atoms with Crippen molar-refractivity contribution in [3.05, 3.63) is 35.4 Å². The van der Waals surface area contributed by atoms with Crippen molar-refractivity contribution in [2.24, 2.45) is 0 Å². The van der Waals surface area contributed by atoms with E-state index in [1.807, 2.05) is 38.1 Å². The third-order valence-electron chi connectivity index (χ3n) is 2.09. The molecule has 0 spiro atoms. The zero-order valence-electron chi connectivity index (χ0n) is 7.87. The van der Waals surface area contributed by atoms with E-state index in [-0.39, 0.29) is 0 Å². The summed E-state index contributed by atoms with van der Waals surface area (Å²) >= 11 is 0. The van der Waals surface area contributed by atoms with Crippen LogP contribution in [0, 0.1) is 12.3 Å². The zero-order valence-corrected chi connectivity index (χ0v) is 7.87. The first-order valence-corrected chi connectivity index (χ1v) is 4.13. The highest BCUT2D eigenvalue weighted by molar-refractivity contribution is 5.67. The van der Waals surface area contributed by atoms with Gasteiger partial charge in [0.1, 0.15) is 6.29 Å². The summed E-state index contributed by atoms with van der Waals surface area (Å²) in [6, 6.07) is 7.48. The fourth-order valence-electron chi connectivity index (χ4n) is 1.06. The Kier molecular flexibility index (Phi) is 2.53. The van der Waals surface area contributed by atoms with Crippen LogP contribution in [0.15, 0.2) is 24.3 Å². The molecule has 0 atom stereocenters. The van der Waals surface area contributed by atoms with Gasteiger partial charge in [-0.25, -0.2) is 0 Å². The number of rotatable bonds is 2. The highest BCUT2D eigenvalue weighted by atomic mass is 16.1. The number of hydrogen-bond donors (Lipinski definition) is 0. The van der Waals surface area contributed by atoms with Crippen molar-refractivity contribution in [2.75, 3.05) is 0 Å². The minimum atomic E-state index is -0.423. The molecule has 0 aliphatic heterocycles. The van der Waals surface area contributed by atoms with Gasteiger partial charge >= 0.3 is 0 Å². The van der Waals surface area contributed by atoms with E-state index in [0.717, 1.165) is 17.4 Å². The standard InChI is InChI=1S/C12H12O/c1-4-10-5-7-11(8-6-10)12(2,3)9-13/h1,5-9H,2-3H3. The van der Waals surface area contributed by atoms with Gasteiger partial charge in [0, 0.05) is 11.0 Å². The highest BCUT2D eigenvalue weighted by Gasteiger charge is 2.18. The third kappa shape index (κ3) is 1.97. The molecule has 1 aromatic rings. The minimum Gasteiger partial charge on any atom is -0.302 e. The van der Waals surface area contributed by atoms with E-state index in [0.29, 0.717) is 0 Å². The predicted octanol–water partition coefficient (Wildman–Crippen LogP) is 2.14. The van der Waals surface area contributed by atoms with Gasteiger partial charge in [0.05, 0.1) is 0 Å². The Labute approximate surface area is 78.8 Å². The van der Waals surface area contributed by atoms with Gasteiger partial charge in [-0.2, -0.15) is 0 Å². The fraction of sp³-hybridized carbons (Fsp3) is 0.250. The first-order valence-electron chi connectivity index (χ1n) is 4.13. The van der Waals surface area contributed by atoms with Crippen molar-refractivity contribution in [1.29, 1.82) is 0 Å². The highest BCUT2D eigenvalue weighted by Crippen LogP contribution is 2.20. The minimum absolute atomic E-state index is 0.423. The van der Waals surface area contributed by atoms with Crippen LogP contribution < -0.4 is 0 Å². The van der Waals surface area contributed by atoms with Gasteiger partial charge in [0.15, 0.2) is 0 Å². The largest absolute Gasteiger partial charge is 0.302 e. The van der Waals surface area contributed by atoms with Crippen molar-refractivity contribution in [3.63, 3.8) is 0 Å². The van der Waals surface area contributed by atoms with Gasteiger partial charge in [-0.05, 0) is 31.5 Å². The molecule has 13 heavy (non-hydrogen) atoms. The van der Waals surface area contributed by atoms with E-state index >= 15 is 0 Å². The van der Waals surface area contributed by atoms with E-state index in [1.54, 1.807) is 0 Å². The number of benzene rings is 1. The molecule has 0 fully saturated rings. The maximum atomic E-state index is 10.7. The van der Waals surface area contributed by atoms with Crippen LogP contribution >= 0.6 is 0 Å². The number of carbonyl (C=O) groups is 1. The molecule has 66 valence electrons. The summed E-state index contributed by atoms with van der Waals surface area (Å²) in [7, 11) is 0. The number of terminal acetylenes is 1. The van der Waals surface area contributed by atoms with Gasteiger partial charge in [-0.3, -0.25) is 0 Å². The first-order chi connectivity index (χ1) is 6.10. The molecular weight excluding hydrogens is 160 g/mol. The topological polar surface area (TPSA) is 17.1 Å². The summed E-state index contributed by atoms with van der Waals surface area (Å²) in [6.45, 7) is 3.76. The molecule has 0 saturated heterocycles. The summed E-state index contributed by atoms with van der Waals surface area (Å²) in [5.41, 5.74) is 1.40. The zero-order chi connectivity index (χ0) is 9.90. The lowest BCUT2D eigenvalue weighted by Gasteiger charge is -2.16. The molecule has 1 heteroatoms. The summed E-state index contributed by atoms with van der Waals surface area (Å²) in [5, 5.41) is 0. The normalized spacial score (nSPS) is 10.5. The quantitative estimate of drug-likeness (QED) is 0.493. The maximum Gasteiger partial charge on any atom is 0.129 e. The molecule has 0 bridgehead atoms. The fourth-order valence-corrected chi connectivity index (χ4v) is 1.06. The van der Waals surface area contributed by atoms with Gasteiger partial charge in [-0.1, -0.05) is 18.1 Å². The molecular formula is C12H12O. The average molecular weight is 172 g/mol. The Balaban J connectivity index is 3.07. The molecule has 0 aliphatic carbocycles. The Hall–Kier alpha value is -1.55. The lowest BCUT2D eigenvalue weighted by molar-refractivity contribution is -0.111.